The Balaban J connectivity index is 2.73. The van der Waals surface area contributed by atoms with Gasteiger partial charge in [-0.05, 0) is 41.0 Å². The second-order valence-electron chi connectivity index (χ2n) is 5.85. The Morgan fingerprint density at radius 3 is 2.00 bits per heavy atom. The molecule has 0 aromatic carbocycles. The summed E-state index contributed by atoms with van der Waals surface area (Å²) in [7, 11) is -0.119. The Bertz CT molecular complexity index is 266. The van der Waals surface area contributed by atoms with E-state index < -0.39 is 0 Å². The van der Waals surface area contributed by atoms with Crippen molar-refractivity contribution in [3.05, 3.63) is 11.6 Å². The lowest BCUT2D eigenvalue weighted by atomic mass is 9.72. The third kappa shape index (κ3) is 2.69. The largest absolute Gasteiger partial charge is 0.464 e. The van der Waals surface area contributed by atoms with Gasteiger partial charge in [-0.1, -0.05) is 25.5 Å². The molecule has 16 heavy (non-hydrogen) atoms. The van der Waals surface area contributed by atoms with E-state index in [-0.39, 0.29) is 18.3 Å². The highest BCUT2D eigenvalue weighted by Gasteiger charge is 2.52. The van der Waals surface area contributed by atoms with Crippen LogP contribution in [0.15, 0.2) is 11.6 Å². The maximum Gasteiger partial charge on any atom is 0.464 e. The second-order valence-corrected chi connectivity index (χ2v) is 5.85. The molecule has 0 aromatic rings. The summed E-state index contributed by atoms with van der Waals surface area (Å²) < 4.78 is 12.0. The van der Waals surface area contributed by atoms with Gasteiger partial charge in [0, 0.05) is 5.82 Å². The van der Waals surface area contributed by atoms with Crippen molar-refractivity contribution in [2.24, 2.45) is 0 Å². The van der Waals surface area contributed by atoms with Crippen LogP contribution in [-0.4, -0.2) is 18.3 Å². The summed E-state index contributed by atoms with van der Waals surface area (Å²) in [6.07, 6.45) is 3.34. The van der Waals surface area contributed by atoms with E-state index in [0.717, 1.165) is 6.42 Å². The maximum atomic E-state index is 6.00. The van der Waals surface area contributed by atoms with E-state index in [1.165, 1.54) is 5.57 Å². The van der Waals surface area contributed by atoms with Crippen molar-refractivity contribution in [1.29, 1.82) is 0 Å². The van der Waals surface area contributed by atoms with E-state index in [9.17, 15) is 0 Å². The fourth-order valence-corrected chi connectivity index (χ4v) is 1.75. The minimum atomic E-state index is -0.222. The third-order valence-corrected chi connectivity index (χ3v) is 3.81. The average molecular weight is 224 g/mol. The smallest absolute Gasteiger partial charge is 0.403 e. The van der Waals surface area contributed by atoms with E-state index in [0.29, 0.717) is 5.82 Å². The van der Waals surface area contributed by atoms with Gasteiger partial charge in [-0.15, -0.1) is 0 Å². The molecule has 0 amide bonds. The first-order valence-electron chi connectivity index (χ1n) is 6.22. The van der Waals surface area contributed by atoms with E-state index in [4.69, 9.17) is 9.31 Å². The average Bonchev–Trinajstić information content (AvgIpc) is 2.36. The fraction of sp³-hybridized carbons (Fsp3) is 0.846. The summed E-state index contributed by atoms with van der Waals surface area (Å²) in [5.74, 6) is 0.306. The van der Waals surface area contributed by atoms with Crippen molar-refractivity contribution < 1.29 is 9.31 Å². The highest BCUT2D eigenvalue weighted by molar-refractivity contribution is 6.48. The second kappa shape index (κ2) is 4.54. The van der Waals surface area contributed by atoms with E-state index in [1.54, 1.807) is 0 Å². The molecule has 0 spiro atoms. The van der Waals surface area contributed by atoms with Gasteiger partial charge >= 0.3 is 7.12 Å². The van der Waals surface area contributed by atoms with E-state index in [1.807, 2.05) is 0 Å². The topological polar surface area (TPSA) is 18.5 Å². The zero-order valence-corrected chi connectivity index (χ0v) is 11.8. The van der Waals surface area contributed by atoms with Crippen LogP contribution in [-0.2, 0) is 9.31 Å². The van der Waals surface area contributed by atoms with Gasteiger partial charge < -0.3 is 9.31 Å². The Morgan fingerprint density at radius 2 is 1.62 bits per heavy atom. The summed E-state index contributed by atoms with van der Waals surface area (Å²) in [5.41, 5.74) is 0.946. The highest BCUT2D eigenvalue weighted by Crippen LogP contribution is 2.40. The number of hydrogen-bond donors (Lipinski definition) is 0. The monoisotopic (exact) mass is 224 g/mol. The number of allylic oxidation sites excluding steroid dienone is 2. The Hall–Kier alpha value is -0.275. The molecule has 0 saturated carbocycles. The van der Waals surface area contributed by atoms with Crippen molar-refractivity contribution >= 4 is 7.12 Å². The van der Waals surface area contributed by atoms with Gasteiger partial charge in [-0.3, -0.25) is 0 Å². The van der Waals surface area contributed by atoms with Crippen LogP contribution < -0.4 is 0 Å². The highest BCUT2D eigenvalue weighted by atomic mass is 16.7. The zero-order chi connectivity index (χ0) is 12.6. The first-order chi connectivity index (χ1) is 7.19. The van der Waals surface area contributed by atoms with Crippen LogP contribution in [0.3, 0.4) is 0 Å². The normalized spacial score (nSPS) is 25.9. The van der Waals surface area contributed by atoms with Crippen molar-refractivity contribution in [2.75, 3.05) is 0 Å². The van der Waals surface area contributed by atoms with Gasteiger partial charge in [-0.2, -0.15) is 0 Å². The lowest BCUT2D eigenvalue weighted by molar-refractivity contribution is 0.00578. The van der Waals surface area contributed by atoms with Crippen molar-refractivity contribution in [3.8, 4) is 0 Å². The SMILES string of the molecule is CC/C(C)=C\C(C)B1OC(C)(C)C(C)(C)O1. The van der Waals surface area contributed by atoms with Crippen LogP contribution in [0.2, 0.25) is 5.82 Å². The molecule has 1 aliphatic rings. The molecule has 92 valence electrons. The van der Waals surface area contributed by atoms with Crippen molar-refractivity contribution in [1.82, 2.24) is 0 Å². The van der Waals surface area contributed by atoms with Gasteiger partial charge in [0.25, 0.3) is 0 Å². The van der Waals surface area contributed by atoms with Crippen LogP contribution in [0, 0.1) is 0 Å². The number of rotatable bonds is 3. The predicted octanol–water partition coefficient (Wildman–Crippen LogP) is 3.83. The molecule has 0 N–H and O–H groups in total. The molecule has 1 unspecified atom stereocenters. The molecule has 3 heteroatoms. The first-order valence-corrected chi connectivity index (χ1v) is 6.22. The van der Waals surface area contributed by atoms with Gasteiger partial charge in [0.2, 0.25) is 0 Å². The molecule has 1 saturated heterocycles. The molecule has 1 fully saturated rings. The molecule has 2 nitrogen and oxygen atoms in total. The van der Waals surface area contributed by atoms with Gasteiger partial charge in [0.1, 0.15) is 0 Å². The Kier molecular flexibility index (Phi) is 3.91. The van der Waals surface area contributed by atoms with Crippen LogP contribution in [0.4, 0.5) is 0 Å². The van der Waals surface area contributed by atoms with Gasteiger partial charge in [-0.25, -0.2) is 0 Å². The zero-order valence-electron chi connectivity index (χ0n) is 11.8. The van der Waals surface area contributed by atoms with E-state index >= 15 is 0 Å². The summed E-state index contributed by atoms with van der Waals surface area (Å²) in [5, 5.41) is 0. The third-order valence-electron chi connectivity index (χ3n) is 3.81. The minimum Gasteiger partial charge on any atom is -0.403 e. The molecule has 1 atom stereocenters. The van der Waals surface area contributed by atoms with Crippen molar-refractivity contribution in [2.45, 2.75) is 71.9 Å². The molecule has 0 radical (unpaired) electrons. The molecule has 0 bridgehead atoms. The van der Waals surface area contributed by atoms with Gasteiger partial charge in [0.05, 0.1) is 11.2 Å². The fourth-order valence-electron chi connectivity index (χ4n) is 1.75. The molecular formula is C13H25BO2. The summed E-state index contributed by atoms with van der Waals surface area (Å²) in [6.45, 7) is 14.9. The van der Waals surface area contributed by atoms with Gasteiger partial charge in [0.15, 0.2) is 0 Å². The summed E-state index contributed by atoms with van der Waals surface area (Å²) >= 11 is 0. The molecule has 1 rings (SSSR count). The molecular weight excluding hydrogens is 199 g/mol. The lowest BCUT2D eigenvalue weighted by Crippen LogP contribution is -2.41. The number of hydrogen-bond acceptors (Lipinski definition) is 2. The van der Waals surface area contributed by atoms with Crippen LogP contribution in [0.25, 0.3) is 0 Å². The molecule has 0 aromatic heterocycles. The summed E-state index contributed by atoms with van der Waals surface area (Å²) in [6, 6.07) is 0. The first kappa shape index (κ1) is 13.8. The molecule has 0 aliphatic carbocycles. The van der Waals surface area contributed by atoms with Crippen LogP contribution >= 0.6 is 0 Å². The summed E-state index contributed by atoms with van der Waals surface area (Å²) in [4.78, 5) is 0. The minimum absolute atomic E-state index is 0.119. The van der Waals surface area contributed by atoms with Crippen molar-refractivity contribution in [3.63, 3.8) is 0 Å². The lowest BCUT2D eigenvalue weighted by Gasteiger charge is -2.32. The maximum absolute atomic E-state index is 6.00. The predicted molar refractivity (Wildman–Crippen MR) is 69.6 cm³/mol. The molecule has 1 aliphatic heterocycles. The van der Waals surface area contributed by atoms with Crippen LogP contribution in [0.5, 0.6) is 0 Å². The Labute approximate surface area is 101 Å². The quantitative estimate of drug-likeness (QED) is 0.535. The molecule has 1 heterocycles. The van der Waals surface area contributed by atoms with E-state index in [2.05, 4.69) is 54.5 Å². The Morgan fingerprint density at radius 1 is 1.19 bits per heavy atom. The van der Waals surface area contributed by atoms with Crippen LogP contribution in [0.1, 0.15) is 54.9 Å². The standard InChI is InChI=1S/C13H25BO2/c1-8-10(2)9-11(3)14-15-12(4,5)13(6,7)16-14/h9,11H,8H2,1-7H3/b10-9-.